The van der Waals surface area contributed by atoms with Gasteiger partial charge in [-0.2, -0.15) is 11.8 Å². The zero-order valence-electron chi connectivity index (χ0n) is 8.29. The highest BCUT2D eigenvalue weighted by atomic mass is 32.2. The number of hydrogen-bond acceptors (Lipinski definition) is 1. The molecule has 0 aromatic heterocycles. The monoisotopic (exact) mass is 192 g/mol. The molecule has 0 radical (unpaired) electrons. The Balaban J connectivity index is 2.05. The summed E-state index contributed by atoms with van der Waals surface area (Å²) < 4.78 is 0. The Hall–Kier alpha value is -0.430. The Morgan fingerprint density at radius 3 is 2.46 bits per heavy atom. The summed E-state index contributed by atoms with van der Waals surface area (Å²) in [5, 5.41) is 0.790. The fourth-order valence-corrected chi connectivity index (χ4v) is 3.32. The van der Waals surface area contributed by atoms with Gasteiger partial charge in [0.15, 0.2) is 0 Å². The maximum absolute atomic E-state index is 2.33. The summed E-state index contributed by atoms with van der Waals surface area (Å²) in [5.41, 5.74) is 3.20. The number of hydrogen-bond donors (Lipinski definition) is 0. The molecule has 0 saturated carbocycles. The fraction of sp³-hybridized carbons (Fsp3) is 0.500. The van der Waals surface area contributed by atoms with Crippen LogP contribution in [0.3, 0.4) is 0 Å². The van der Waals surface area contributed by atoms with Crippen molar-refractivity contribution in [3.8, 4) is 0 Å². The average Bonchev–Trinajstić information content (AvgIpc) is 2.62. The van der Waals surface area contributed by atoms with Crippen LogP contribution in [0, 0.1) is 5.92 Å². The Labute approximate surface area is 84.8 Å². The second kappa shape index (κ2) is 3.75. The third-order valence-corrected chi connectivity index (χ3v) is 4.47. The van der Waals surface area contributed by atoms with Gasteiger partial charge >= 0.3 is 0 Å². The smallest absolute Gasteiger partial charge is 0.0185 e. The molecule has 0 bridgehead atoms. The highest BCUT2D eigenvalue weighted by Crippen LogP contribution is 2.36. The van der Waals surface area contributed by atoms with Crippen LogP contribution in [0.5, 0.6) is 0 Å². The molecule has 1 aliphatic heterocycles. The molecule has 0 spiro atoms. The molecule has 1 heteroatoms. The molecule has 1 unspecified atom stereocenters. The van der Waals surface area contributed by atoms with E-state index >= 15 is 0 Å². The molecule has 0 saturated heterocycles. The van der Waals surface area contributed by atoms with Gasteiger partial charge in [-0.1, -0.05) is 35.5 Å². The SMILES string of the molecule is CC1=C(C)CC(C2C=CC=C2)SC1. The second-order valence-electron chi connectivity index (χ2n) is 3.96. The first-order valence-corrected chi connectivity index (χ1v) is 5.94. The molecule has 1 aliphatic carbocycles. The van der Waals surface area contributed by atoms with Gasteiger partial charge in [0.1, 0.15) is 0 Å². The summed E-state index contributed by atoms with van der Waals surface area (Å²) >= 11 is 2.11. The van der Waals surface area contributed by atoms with Crippen molar-refractivity contribution in [3.63, 3.8) is 0 Å². The van der Waals surface area contributed by atoms with Crippen molar-refractivity contribution in [2.24, 2.45) is 5.92 Å². The Morgan fingerprint density at radius 1 is 1.15 bits per heavy atom. The van der Waals surface area contributed by atoms with Gasteiger partial charge in [0.2, 0.25) is 0 Å². The van der Waals surface area contributed by atoms with Crippen molar-refractivity contribution < 1.29 is 0 Å². The molecule has 2 aliphatic rings. The molecule has 0 nitrogen and oxygen atoms in total. The van der Waals surface area contributed by atoms with E-state index in [0.29, 0.717) is 5.92 Å². The van der Waals surface area contributed by atoms with Crippen LogP contribution in [0.4, 0.5) is 0 Å². The molecule has 1 heterocycles. The van der Waals surface area contributed by atoms with E-state index in [9.17, 15) is 0 Å². The second-order valence-corrected chi connectivity index (χ2v) is 5.19. The van der Waals surface area contributed by atoms with Crippen LogP contribution in [-0.2, 0) is 0 Å². The van der Waals surface area contributed by atoms with Crippen molar-refractivity contribution in [1.82, 2.24) is 0 Å². The van der Waals surface area contributed by atoms with E-state index < -0.39 is 0 Å². The molecule has 0 aromatic rings. The predicted molar refractivity (Wildman–Crippen MR) is 61.0 cm³/mol. The molecule has 13 heavy (non-hydrogen) atoms. The van der Waals surface area contributed by atoms with Crippen LogP contribution in [0.2, 0.25) is 0 Å². The first-order chi connectivity index (χ1) is 6.27. The maximum atomic E-state index is 2.33. The van der Waals surface area contributed by atoms with E-state index in [1.165, 1.54) is 12.2 Å². The number of rotatable bonds is 1. The van der Waals surface area contributed by atoms with Gasteiger partial charge in [-0.05, 0) is 20.3 Å². The van der Waals surface area contributed by atoms with E-state index in [4.69, 9.17) is 0 Å². The quantitative estimate of drug-likeness (QED) is 0.572. The van der Waals surface area contributed by atoms with Crippen molar-refractivity contribution in [3.05, 3.63) is 35.5 Å². The van der Waals surface area contributed by atoms with Gasteiger partial charge in [0.05, 0.1) is 0 Å². The third-order valence-electron chi connectivity index (χ3n) is 2.96. The van der Waals surface area contributed by atoms with Crippen LogP contribution < -0.4 is 0 Å². The van der Waals surface area contributed by atoms with Gasteiger partial charge in [-0.15, -0.1) is 0 Å². The summed E-state index contributed by atoms with van der Waals surface area (Å²) in [4.78, 5) is 0. The molecule has 70 valence electrons. The minimum atomic E-state index is 0.688. The van der Waals surface area contributed by atoms with Crippen molar-refractivity contribution in [1.29, 1.82) is 0 Å². The molecule has 1 atom stereocenters. The zero-order valence-corrected chi connectivity index (χ0v) is 9.10. The summed E-state index contributed by atoms with van der Waals surface area (Å²) in [6, 6.07) is 0. The highest BCUT2D eigenvalue weighted by molar-refractivity contribution is 8.00. The van der Waals surface area contributed by atoms with E-state index in [2.05, 4.69) is 49.9 Å². The lowest BCUT2D eigenvalue weighted by Crippen LogP contribution is -2.18. The van der Waals surface area contributed by atoms with Gasteiger partial charge in [-0.3, -0.25) is 0 Å². The lowest BCUT2D eigenvalue weighted by atomic mass is 9.98. The molecular weight excluding hydrogens is 176 g/mol. The Bertz CT molecular complexity index is 271. The maximum Gasteiger partial charge on any atom is 0.0185 e. The highest BCUT2D eigenvalue weighted by Gasteiger charge is 2.23. The lowest BCUT2D eigenvalue weighted by Gasteiger charge is -2.26. The minimum absolute atomic E-state index is 0.688. The molecule has 0 amide bonds. The summed E-state index contributed by atoms with van der Waals surface area (Å²) in [5.74, 6) is 1.92. The van der Waals surface area contributed by atoms with Crippen LogP contribution in [0.25, 0.3) is 0 Å². The topological polar surface area (TPSA) is 0 Å². The molecule has 0 N–H and O–H groups in total. The van der Waals surface area contributed by atoms with Crippen molar-refractivity contribution in [2.75, 3.05) is 5.75 Å². The van der Waals surface area contributed by atoms with E-state index in [1.54, 1.807) is 11.1 Å². The zero-order chi connectivity index (χ0) is 9.26. The standard InChI is InChI=1S/C12H16S/c1-9-7-12(13-8-10(9)2)11-5-3-4-6-11/h3-6,11-12H,7-8H2,1-2H3. The largest absolute Gasteiger partial charge is 0.153 e. The molecule has 2 rings (SSSR count). The van der Waals surface area contributed by atoms with Crippen LogP contribution in [0.1, 0.15) is 20.3 Å². The van der Waals surface area contributed by atoms with E-state index in [-0.39, 0.29) is 0 Å². The average molecular weight is 192 g/mol. The van der Waals surface area contributed by atoms with E-state index in [0.717, 1.165) is 5.25 Å². The molecule has 0 fully saturated rings. The van der Waals surface area contributed by atoms with Crippen LogP contribution in [0.15, 0.2) is 35.5 Å². The first kappa shape index (κ1) is 9.14. The summed E-state index contributed by atoms with van der Waals surface area (Å²) in [6.07, 6.45) is 10.3. The van der Waals surface area contributed by atoms with Crippen molar-refractivity contribution in [2.45, 2.75) is 25.5 Å². The third kappa shape index (κ3) is 1.91. The van der Waals surface area contributed by atoms with Gasteiger partial charge in [0.25, 0.3) is 0 Å². The fourth-order valence-electron chi connectivity index (χ4n) is 1.83. The predicted octanol–water partition coefficient (Wildman–Crippen LogP) is 3.57. The molecular formula is C12H16S. The normalized spacial score (nSPS) is 28.9. The van der Waals surface area contributed by atoms with Gasteiger partial charge in [0, 0.05) is 16.9 Å². The summed E-state index contributed by atoms with van der Waals surface area (Å²) in [7, 11) is 0. The van der Waals surface area contributed by atoms with Crippen molar-refractivity contribution >= 4 is 11.8 Å². The van der Waals surface area contributed by atoms with Gasteiger partial charge < -0.3 is 0 Å². The molecule has 0 aromatic carbocycles. The van der Waals surface area contributed by atoms with Gasteiger partial charge in [-0.25, -0.2) is 0 Å². The number of allylic oxidation sites excluding steroid dienone is 5. The van der Waals surface area contributed by atoms with Crippen LogP contribution >= 0.6 is 11.8 Å². The lowest BCUT2D eigenvalue weighted by molar-refractivity contribution is 0.719. The Kier molecular flexibility index (Phi) is 2.63. The summed E-state index contributed by atoms with van der Waals surface area (Å²) in [6.45, 7) is 4.54. The Morgan fingerprint density at radius 2 is 1.85 bits per heavy atom. The first-order valence-electron chi connectivity index (χ1n) is 4.89. The number of thioether (sulfide) groups is 1. The van der Waals surface area contributed by atoms with E-state index in [1.807, 2.05) is 0 Å². The van der Waals surface area contributed by atoms with Crippen LogP contribution in [-0.4, -0.2) is 11.0 Å². The minimum Gasteiger partial charge on any atom is -0.153 e.